The van der Waals surface area contributed by atoms with Gasteiger partial charge in [-0.25, -0.2) is 22.2 Å². The quantitative estimate of drug-likeness (QED) is 0.698. The number of aromatic nitrogens is 1. The van der Waals surface area contributed by atoms with Crippen LogP contribution in [0, 0.1) is 11.6 Å². The molecule has 0 radical (unpaired) electrons. The summed E-state index contributed by atoms with van der Waals surface area (Å²) in [5, 5.41) is 2.91. The van der Waals surface area contributed by atoms with E-state index in [0.29, 0.717) is 23.1 Å². The number of nitrogens with one attached hydrogen (secondary N) is 1. The number of sulfonamides is 1. The molecule has 28 heavy (non-hydrogen) atoms. The van der Waals surface area contributed by atoms with Crippen molar-refractivity contribution in [2.24, 2.45) is 0 Å². The number of fused-ring (bicyclic) bond motifs is 1. The standard InChI is InChI=1S/C18H15F2N3O3S2/c19-11-3-6-13(7-4-11)28(25,26)23-9-1-2-15(23)17(24)22-18-21-14-8-5-12(20)10-16(14)27-18/h3-8,10,15H,1-2,9H2,(H,21,22,24). The van der Waals surface area contributed by atoms with Gasteiger partial charge >= 0.3 is 0 Å². The highest BCUT2D eigenvalue weighted by Gasteiger charge is 2.39. The van der Waals surface area contributed by atoms with Gasteiger partial charge in [-0.1, -0.05) is 11.3 Å². The normalized spacial score (nSPS) is 17.9. The van der Waals surface area contributed by atoms with Crippen LogP contribution in [0.1, 0.15) is 12.8 Å². The predicted molar refractivity (Wildman–Crippen MR) is 102 cm³/mol. The van der Waals surface area contributed by atoms with Crippen molar-refractivity contribution in [3.8, 4) is 0 Å². The Balaban J connectivity index is 1.56. The van der Waals surface area contributed by atoms with E-state index in [-0.39, 0.29) is 16.6 Å². The molecule has 3 aromatic rings. The largest absolute Gasteiger partial charge is 0.301 e. The number of benzene rings is 2. The average molecular weight is 423 g/mol. The fraction of sp³-hybridized carbons (Fsp3) is 0.222. The molecule has 4 rings (SSSR count). The molecule has 1 N–H and O–H groups in total. The molecule has 1 fully saturated rings. The third-order valence-corrected chi connectivity index (χ3v) is 7.36. The maximum absolute atomic E-state index is 13.3. The number of hydrogen-bond acceptors (Lipinski definition) is 5. The monoisotopic (exact) mass is 423 g/mol. The Labute approximate surface area is 163 Å². The molecule has 1 unspecified atom stereocenters. The number of carbonyl (C=O) groups excluding carboxylic acids is 1. The summed E-state index contributed by atoms with van der Waals surface area (Å²) < 4.78 is 53.9. The zero-order valence-corrected chi connectivity index (χ0v) is 16.1. The van der Waals surface area contributed by atoms with Crippen LogP contribution in [0.2, 0.25) is 0 Å². The second-order valence-corrected chi connectivity index (χ2v) is 9.27. The molecule has 0 aliphatic carbocycles. The summed E-state index contributed by atoms with van der Waals surface area (Å²) in [4.78, 5) is 16.9. The summed E-state index contributed by atoms with van der Waals surface area (Å²) in [6, 6.07) is 7.72. The van der Waals surface area contributed by atoms with Crippen molar-refractivity contribution >= 4 is 42.6 Å². The first-order valence-corrected chi connectivity index (χ1v) is 10.7. The van der Waals surface area contributed by atoms with Crippen molar-refractivity contribution in [1.82, 2.24) is 9.29 Å². The van der Waals surface area contributed by atoms with Gasteiger partial charge in [0.15, 0.2) is 5.13 Å². The molecule has 2 aromatic carbocycles. The van der Waals surface area contributed by atoms with Gasteiger partial charge in [0.1, 0.15) is 17.7 Å². The SMILES string of the molecule is O=C(Nc1nc2ccc(F)cc2s1)C1CCCN1S(=O)(=O)c1ccc(F)cc1. The van der Waals surface area contributed by atoms with Crippen LogP contribution < -0.4 is 5.32 Å². The van der Waals surface area contributed by atoms with Crippen molar-refractivity contribution in [2.45, 2.75) is 23.8 Å². The van der Waals surface area contributed by atoms with E-state index in [1.807, 2.05) is 0 Å². The number of hydrogen-bond donors (Lipinski definition) is 1. The first-order valence-electron chi connectivity index (χ1n) is 8.49. The van der Waals surface area contributed by atoms with Crippen LogP contribution in [0.3, 0.4) is 0 Å². The Bertz CT molecular complexity index is 1150. The lowest BCUT2D eigenvalue weighted by Gasteiger charge is -2.23. The predicted octanol–water partition coefficient (Wildman–Crippen LogP) is 3.37. The Hall–Kier alpha value is -2.43. The van der Waals surface area contributed by atoms with E-state index in [9.17, 15) is 22.0 Å². The molecule has 0 bridgehead atoms. The van der Waals surface area contributed by atoms with Gasteiger partial charge in [0.2, 0.25) is 15.9 Å². The van der Waals surface area contributed by atoms with E-state index >= 15 is 0 Å². The van der Waals surface area contributed by atoms with Crippen LogP contribution in [-0.4, -0.2) is 36.2 Å². The second kappa shape index (κ2) is 7.19. The van der Waals surface area contributed by atoms with Crippen LogP contribution in [0.4, 0.5) is 13.9 Å². The molecule has 0 spiro atoms. The minimum atomic E-state index is -3.93. The molecule has 146 valence electrons. The minimum absolute atomic E-state index is 0.0657. The molecule has 2 heterocycles. The van der Waals surface area contributed by atoms with Crippen molar-refractivity contribution < 1.29 is 22.0 Å². The van der Waals surface area contributed by atoms with Gasteiger partial charge < -0.3 is 5.32 Å². The van der Waals surface area contributed by atoms with Gasteiger partial charge in [0.25, 0.3) is 0 Å². The number of nitrogens with zero attached hydrogens (tertiary/aromatic N) is 2. The molecular formula is C18H15F2N3O3S2. The topological polar surface area (TPSA) is 79.4 Å². The highest BCUT2D eigenvalue weighted by molar-refractivity contribution is 7.89. The number of thiazole rings is 1. The average Bonchev–Trinajstić information content (AvgIpc) is 3.28. The molecule has 0 saturated carbocycles. The van der Waals surface area contributed by atoms with Gasteiger partial charge in [-0.2, -0.15) is 4.31 Å². The Morgan fingerprint density at radius 1 is 1.14 bits per heavy atom. The number of halogens is 2. The Kier molecular flexibility index (Phi) is 4.86. The molecule has 6 nitrogen and oxygen atoms in total. The number of anilines is 1. The first-order chi connectivity index (χ1) is 13.3. The van der Waals surface area contributed by atoms with Crippen LogP contribution in [-0.2, 0) is 14.8 Å². The first kappa shape index (κ1) is 18.9. The van der Waals surface area contributed by atoms with Crippen molar-refractivity contribution in [3.05, 3.63) is 54.1 Å². The third-order valence-electron chi connectivity index (χ3n) is 4.51. The van der Waals surface area contributed by atoms with E-state index in [4.69, 9.17) is 0 Å². The third kappa shape index (κ3) is 3.50. The minimum Gasteiger partial charge on any atom is -0.301 e. The summed E-state index contributed by atoms with van der Waals surface area (Å²) in [5.41, 5.74) is 0.545. The van der Waals surface area contributed by atoms with Crippen LogP contribution >= 0.6 is 11.3 Å². The van der Waals surface area contributed by atoms with Gasteiger partial charge in [-0.05, 0) is 55.3 Å². The molecule has 10 heteroatoms. The van der Waals surface area contributed by atoms with Crippen LogP contribution in [0.5, 0.6) is 0 Å². The van der Waals surface area contributed by atoms with E-state index in [1.165, 1.54) is 30.3 Å². The summed E-state index contributed by atoms with van der Waals surface area (Å²) in [6.07, 6.45) is 0.898. The van der Waals surface area contributed by atoms with E-state index in [0.717, 1.165) is 27.8 Å². The zero-order valence-electron chi connectivity index (χ0n) is 14.4. The lowest BCUT2D eigenvalue weighted by molar-refractivity contribution is -0.119. The molecule has 1 amide bonds. The van der Waals surface area contributed by atoms with Crippen molar-refractivity contribution in [1.29, 1.82) is 0 Å². The molecular weight excluding hydrogens is 408 g/mol. The maximum atomic E-state index is 13.3. The van der Waals surface area contributed by atoms with Crippen LogP contribution in [0.25, 0.3) is 10.2 Å². The van der Waals surface area contributed by atoms with E-state index < -0.39 is 33.6 Å². The zero-order chi connectivity index (χ0) is 19.9. The van der Waals surface area contributed by atoms with Crippen molar-refractivity contribution in [2.75, 3.05) is 11.9 Å². The lowest BCUT2D eigenvalue weighted by Crippen LogP contribution is -2.43. The number of carbonyl (C=O) groups is 1. The summed E-state index contributed by atoms with van der Waals surface area (Å²) >= 11 is 1.11. The van der Waals surface area contributed by atoms with Crippen LogP contribution in [0.15, 0.2) is 47.4 Å². The number of rotatable bonds is 4. The fourth-order valence-electron chi connectivity index (χ4n) is 3.17. The number of amides is 1. The van der Waals surface area contributed by atoms with Gasteiger partial charge in [-0.3, -0.25) is 4.79 Å². The lowest BCUT2D eigenvalue weighted by atomic mass is 10.2. The molecule has 1 aliphatic rings. The van der Waals surface area contributed by atoms with Crippen molar-refractivity contribution in [3.63, 3.8) is 0 Å². The molecule has 1 saturated heterocycles. The summed E-state index contributed by atoms with van der Waals surface area (Å²) in [7, 11) is -3.93. The fourth-order valence-corrected chi connectivity index (χ4v) is 5.72. The molecule has 1 aromatic heterocycles. The second-order valence-electron chi connectivity index (χ2n) is 6.35. The van der Waals surface area contributed by atoms with E-state index in [2.05, 4.69) is 10.3 Å². The Morgan fingerprint density at radius 2 is 1.86 bits per heavy atom. The summed E-state index contributed by atoms with van der Waals surface area (Å²) in [5.74, 6) is -1.44. The maximum Gasteiger partial charge on any atom is 0.244 e. The highest BCUT2D eigenvalue weighted by atomic mass is 32.2. The highest BCUT2D eigenvalue weighted by Crippen LogP contribution is 2.30. The van der Waals surface area contributed by atoms with Gasteiger partial charge in [0, 0.05) is 6.54 Å². The van der Waals surface area contributed by atoms with E-state index in [1.54, 1.807) is 0 Å². The molecule has 1 aliphatic heterocycles. The smallest absolute Gasteiger partial charge is 0.244 e. The summed E-state index contributed by atoms with van der Waals surface area (Å²) in [6.45, 7) is 0.197. The van der Waals surface area contributed by atoms with Gasteiger partial charge in [0.05, 0.1) is 15.1 Å². The molecule has 1 atom stereocenters. The Morgan fingerprint density at radius 3 is 2.61 bits per heavy atom. The van der Waals surface area contributed by atoms with Gasteiger partial charge in [-0.15, -0.1) is 0 Å².